The second-order valence-corrected chi connectivity index (χ2v) is 6.19. The van der Waals surface area contributed by atoms with Crippen LogP contribution in [0.1, 0.15) is 32.6 Å². The summed E-state index contributed by atoms with van der Waals surface area (Å²) >= 11 is 5.98. The third-order valence-electron chi connectivity index (χ3n) is 4.47. The average Bonchev–Trinajstić information content (AvgIpc) is 2.91. The maximum Gasteiger partial charge on any atom is 0.134 e. The molecule has 1 aliphatic heterocycles. The minimum atomic E-state index is -0.656. The summed E-state index contributed by atoms with van der Waals surface area (Å²) < 4.78 is 11.6. The summed E-state index contributed by atoms with van der Waals surface area (Å²) in [5, 5.41) is 12.2. The van der Waals surface area contributed by atoms with Gasteiger partial charge in [0.1, 0.15) is 17.4 Å². The average molecular weight is 295 g/mol. The Hall–Kier alpha value is -1.03. The number of ether oxygens (including phenoxy) is 1. The van der Waals surface area contributed by atoms with Crippen LogP contribution in [-0.4, -0.2) is 17.3 Å². The number of halogens is 1. The number of benzene rings is 1. The Morgan fingerprint density at radius 2 is 1.90 bits per heavy atom. The highest BCUT2D eigenvalue weighted by Crippen LogP contribution is 2.41. The van der Waals surface area contributed by atoms with Gasteiger partial charge in [-0.05, 0) is 44.0 Å². The highest BCUT2D eigenvalue weighted by Gasteiger charge is 2.42. The smallest absolute Gasteiger partial charge is 0.134 e. The molecule has 2 heterocycles. The van der Waals surface area contributed by atoms with Crippen LogP contribution in [0, 0.1) is 11.8 Å². The van der Waals surface area contributed by atoms with Gasteiger partial charge in [-0.1, -0.05) is 18.5 Å². The third-order valence-corrected chi connectivity index (χ3v) is 4.71. The van der Waals surface area contributed by atoms with Crippen LogP contribution in [0.3, 0.4) is 0 Å². The van der Waals surface area contributed by atoms with E-state index in [9.17, 15) is 5.11 Å². The van der Waals surface area contributed by atoms with E-state index in [1.54, 1.807) is 6.07 Å². The normalized spacial score (nSPS) is 31.9. The standard InChI is InChI=1S/C16H19ClO3/c1-8-9(2)19-10(3)15(8)16(18)14-7-11-6-12(17)4-5-13(11)20-14/h4-10,15-16,18H,1-3H3. The van der Waals surface area contributed by atoms with E-state index in [0.717, 1.165) is 11.0 Å². The van der Waals surface area contributed by atoms with Crippen molar-refractivity contribution in [3.05, 3.63) is 35.0 Å². The van der Waals surface area contributed by atoms with E-state index in [1.165, 1.54) is 0 Å². The number of fused-ring (bicyclic) bond motifs is 1. The lowest BCUT2D eigenvalue weighted by atomic mass is 9.84. The van der Waals surface area contributed by atoms with Gasteiger partial charge in [-0.2, -0.15) is 0 Å². The van der Waals surface area contributed by atoms with Gasteiger partial charge in [0.25, 0.3) is 0 Å². The Labute approximate surface area is 123 Å². The molecule has 5 atom stereocenters. The van der Waals surface area contributed by atoms with Gasteiger partial charge >= 0.3 is 0 Å². The second-order valence-electron chi connectivity index (χ2n) is 5.76. The molecule has 3 rings (SSSR count). The third kappa shape index (κ3) is 2.24. The summed E-state index contributed by atoms with van der Waals surface area (Å²) in [5.41, 5.74) is 0.746. The Morgan fingerprint density at radius 3 is 2.55 bits per heavy atom. The fraction of sp³-hybridized carbons (Fsp3) is 0.500. The lowest BCUT2D eigenvalue weighted by Crippen LogP contribution is -2.24. The van der Waals surface area contributed by atoms with Gasteiger partial charge < -0.3 is 14.3 Å². The van der Waals surface area contributed by atoms with E-state index in [0.29, 0.717) is 10.8 Å². The predicted octanol–water partition coefficient (Wildman–Crippen LogP) is 4.18. The van der Waals surface area contributed by atoms with Gasteiger partial charge in [-0.15, -0.1) is 0 Å². The molecule has 0 aliphatic carbocycles. The summed E-state index contributed by atoms with van der Waals surface area (Å²) in [5.74, 6) is 0.918. The van der Waals surface area contributed by atoms with Gasteiger partial charge in [-0.3, -0.25) is 0 Å². The molecule has 1 aliphatic rings. The van der Waals surface area contributed by atoms with Crippen molar-refractivity contribution in [2.75, 3.05) is 0 Å². The molecule has 3 nitrogen and oxygen atoms in total. The molecule has 1 fully saturated rings. The molecule has 0 bridgehead atoms. The first kappa shape index (κ1) is 13.9. The molecule has 1 N–H and O–H groups in total. The van der Waals surface area contributed by atoms with Gasteiger partial charge in [0, 0.05) is 16.3 Å². The molecule has 108 valence electrons. The first-order valence-electron chi connectivity index (χ1n) is 7.00. The molecule has 1 aromatic carbocycles. The van der Waals surface area contributed by atoms with Crippen molar-refractivity contribution >= 4 is 22.6 Å². The molecular weight excluding hydrogens is 276 g/mol. The number of hydrogen-bond acceptors (Lipinski definition) is 3. The van der Waals surface area contributed by atoms with Crippen molar-refractivity contribution in [3.8, 4) is 0 Å². The van der Waals surface area contributed by atoms with Crippen molar-refractivity contribution in [1.29, 1.82) is 0 Å². The molecular formula is C16H19ClO3. The minimum Gasteiger partial charge on any atom is -0.458 e. The van der Waals surface area contributed by atoms with E-state index in [1.807, 2.05) is 32.0 Å². The summed E-state index contributed by atoms with van der Waals surface area (Å²) in [6, 6.07) is 7.33. The Bertz CT molecular complexity index is 621. The van der Waals surface area contributed by atoms with Crippen LogP contribution in [-0.2, 0) is 4.74 Å². The lowest BCUT2D eigenvalue weighted by Gasteiger charge is -2.22. The SMILES string of the molecule is CC1OC(C)C(C(O)c2cc3cc(Cl)ccc3o2)C1C. The Morgan fingerprint density at radius 1 is 1.15 bits per heavy atom. The molecule has 0 amide bonds. The molecule has 20 heavy (non-hydrogen) atoms. The summed E-state index contributed by atoms with van der Waals surface area (Å²) in [6.07, 6.45) is -0.480. The topological polar surface area (TPSA) is 42.6 Å². The van der Waals surface area contributed by atoms with Crippen molar-refractivity contribution in [1.82, 2.24) is 0 Å². The molecule has 1 aromatic heterocycles. The van der Waals surface area contributed by atoms with Crippen LogP contribution in [0.5, 0.6) is 0 Å². The Kier molecular flexibility index (Phi) is 3.53. The Balaban J connectivity index is 1.94. The predicted molar refractivity (Wildman–Crippen MR) is 78.8 cm³/mol. The number of hydrogen-bond donors (Lipinski definition) is 1. The highest BCUT2D eigenvalue weighted by atomic mass is 35.5. The lowest BCUT2D eigenvalue weighted by molar-refractivity contribution is 0.0162. The van der Waals surface area contributed by atoms with E-state index in [-0.39, 0.29) is 24.0 Å². The molecule has 4 heteroatoms. The highest BCUT2D eigenvalue weighted by molar-refractivity contribution is 6.31. The van der Waals surface area contributed by atoms with Crippen LogP contribution in [0.4, 0.5) is 0 Å². The van der Waals surface area contributed by atoms with Gasteiger partial charge in [0.05, 0.1) is 12.2 Å². The van der Waals surface area contributed by atoms with Crippen LogP contribution in [0.25, 0.3) is 11.0 Å². The molecule has 0 saturated carbocycles. The summed E-state index contributed by atoms with van der Waals surface area (Å²) in [7, 11) is 0. The van der Waals surface area contributed by atoms with Crippen molar-refractivity contribution in [3.63, 3.8) is 0 Å². The molecule has 2 aromatic rings. The maximum absolute atomic E-state index is 10.6. The molecule has 5 unspecified atom stereocenters. The summed E-state index contributed by atoms with van der Waals surface area (Å²) in [6.45, 7) is 6.17. The van der Waals surface area contributed by atoms with Crippen LogP contribution in [0.2, 0.25) is 5.02 Å². The monoisotopic (exact) mass is 294 g/mol. The van der Waals surface area contributed by atoms with Crippen molar-refractivity contribution < 1.29 is 14.3 Å². The van der Waals surface area contributed by atoms with E-state index >= 15 is 0 Å². The zero-order valence-corrected chi connectivity index (χ0v) is 12.6. The molecule has 0 radical (unpaired) electrons. The molecule has 0 spiro atoms. The van der Waals surface area contributed by atoms with Crippen LogP contribution >= 0.6 is 11.6 Å². The number of aliphatic hydroxyl groups excluding tert-OH is 1. The first-order valence-corrected chi connectivity index (χ1v) is 7.37. The largest absolute Gasteiger partial charge is 0.458 e. The quantitative estimate of drug-likeness (QED) is 0.903. The summed E-state index contributed by atoms with van der Waals surface area (Å²) in [4.78, 5) is 0. The maximum atomic E-state index is 10.6. The first-order chi connectivity index (χ1) is 9.47. The van der Waals surface area contributed by atoms with E-state index in [4.69, 9.17) is 20.8 Å². The van der Waals surface area contributed by atoms with E-state index < -0.39 is 6.10 Å². The fourth-order valence-electron chi connectivity index (χ4n) is 3.21. The zero-order valence-electron chi connectivity index (χ0n) is 11.8. The fourth-order valence-corrected chi connectivity index (χ4v) is 3.39. The van der Waals surface area contributed by atoms with Crippen molar-refractivity contribution in [2.45, 2.75) is 39.1 Å². The zero-order chi connectivity index (χ0) is 14.4. The minimum absolute atomic E-state index is 0.0202. The van der Waals surface area contributed by atoms with Gasteiger partial charge in [0.2, 0.25) is 0 Å². The number of furan rings is 1. The van der Waals surface area contributed by atoms with E-state index in [2.05, 4.69) is 6.92 Å². The molecule has 1 saturated heterocycles. The van der Waals surface area contributed by atoms with Gasteiger partial charge in [-0.25, -0.2) is 0 Å². The number of rotatable bonds is 2. The van der Waals surface area contributed by atoms with Crippen molar-refractivity contribution in [2.24, 2.45) is 11.8 Å². The van der Waals surface area contributed by atoms with Gasteiger partial charge in [0.15, 0.2) is 0 Å². The number of aliphatic hydroxyl groups is 1. The van der Waals surface area contributed by atoms with Crippen LogP contribution < -0.4 is 0 Å². The second kappa shape index (κ2) is 5.06. The van der Waals surface area contributed by atoms with Crippen LogP contribution in [0.15, 0.2) is 28.7 Å².